The van der Waals surface area contributed by atoms with Crippen LogP contribution in [0.5, 0.6) is 0 Å². The van der Waals surface area contributed by atoms with Crippen molar-refractivity contribution in [2.24, 2.45) is 11.8 Å². The number of carboxylic acids is 1. The highest BCUT2D eigenvalue weighted by Gasteiger charge is 2.26. The van der Waals surface area contributed by atoms with Gasteiger partial charge in [-0.15, -0.1) is 0 Å². The average molecular weight is 261 g/mol. The summed E-state index contributed by atoms with van der Waals surface area (Å²) in [6.07, 6.45) is 1.14. The van der Waals surface area contributed by atoms with E-state index in [1.54, 1.807) is 12.1 Å². The summed E-state index contributed by atoms with van der Waals surface area (Å²) in [6.45, 7) is 5.79. The summed E-state index contributed by atoms with van der Waals surface area (Å²) < 4.78 is 0. The molecule has 1 saturated heterocycles. The molecule has 0 spiro atoms. The van der Waals surface area contributed by atoms with Crippen LogP contribution in [0.1, 0.15) is 41.0 Å². The molecule has 1 aromatic carbocycles. The molecule has 0 aromatic heterocycles. The van der Waals surface area contributed by atoms with E-state index in [2.05, 4.69) is 13.8 Å². The van der Waals surface area contributed by atoms with Crippen molar-refractivity contribution in [3.05, 3.63) is 35.4 Å². The Hall–Kier alpha value is -1.84. The van der Waals surface area contributed by atoms with Gasteiger partial charge in [0.25, 0.3) is 5.91 Å². The van der Waals surface area contributed by atoms with Crippen molar-refractivity contribution in [3.8, 4) is 0 Å². The molecule has 1 heterocycles. The first-order valence-electron chi connectivity index (χ1n) is 6.60. The van der Waals surface area contributed by atoms with Gasteiger partial charge in [0.1, 0.15) is 0 Å². The van der Waals surface area contributed by atoms with Gasteiger partial charge in [-0.3, -0.25) is 4.79 Å². The van der Waals surface area contributed by atoms with Gasteiger partial charge in [0.2, 0.25) is 0 Å². The molecule has 1 aromatic rings. The highest BCUT2D eigenvalue weighted by Crippen LogP contribution is 2.22. The third kappa shape index (κ3) is 3.13. The van der Waals surface area contributed by atoms with Crippen molar-refractivity contribution in [2.45, 2.75) is 20.3 Å². The van der Waals surface area contributed by atoms with Gasteiger partial charge in [-0.2, -0.15) is 0 Å². The minimum Gasteiger partial charge on any atom is -0.478 e. The molecule has 2 atom stereocenters. The van der Waals surface area contributed by atoms with Crippen molar-refractivity contribution < 1.29 is 14.7 Å². The van der Waals surface area contributed by atoms with Crippen LogP contribution in [0.25, 0.3) is 0 Å². The molecule has 0 bridgehead atoms. The number of likely N-dealkylation sites (tertiary alicyclic amines) is 1. The lowest BCUT2D eigenvalue weighted by molar-refractivity contribution is 0.0623. The van der Waals surface area contributed by atoms with Crippen molar-refractivity contribution in [2.75, 3.05) is 13.1 Å². The van der Waals surface area contributed by atoms with Crippen molar-refractivity contribution >= 4 is 11.9 Å². The third-order valence-corrected chi connectivity index (χ3v) is 3.51. The SMILES string of the molecule is CC1CC(C)CN(C(=O)c2cccc(C(=O)O)c2)C1. The summed E-state index contributed by atoms with van der Waals surface area (Å²) in [6, 6.07) is 6.25. The number of carbonyl (C=O) groups is 2. The zero-order chi connectivity index (χ0) is 14.0. The Kier molecular flexibility index (Phi) is 3.88. The van der Waals surface area contributed by atoms with Crippen LogP contribution >= 0.6 is 0 Å². The van der Waals surface area contributed by atoms with Crippen LogP contribution in [0.15, 0.2) is 24.3 Å². The maximum absolute atomic E-state index is 12.4. The van der Waals surface area contributed by atoms with Crippen LogP contribution in [-0.2, 0) is 0 Å². The lowest BCUT2D eigenvalue weighted by Crippen LogP contribution is -2.42. The van der Waals surface area contributed by atoms with E-state index >= 15 is 0 Å². The Bertz CT molecular complexity index is 488. The molecule has 1 amide bonds. The summed E-state index contributed by atoms with van der Waals surface area (Å²) in [5, 5.41) is 8.96. The summed E-state index contributed by atoms with van der Waals surface area (Å²) in [5.74, 6) is -0.0813. The second-order valence-corrected chi connectivity index (χ2v) is 5.54. The van der Waals surface area contributed by atoms with Crippen LogP contribution in [0.2, 0.25) is 0 Å². The number of hydrogen-bond acceptors (Lipinski definition) is 2. The quantitative estimate of drug-likeness (QED) is 0.889. The van der Waals surface area contributed by atoms with E-state index in [-0.39, 0.29) is 11.5 Å². The largest absolute Gasteiger partial charge is 0.478 e. The van der Waals surface area contributed by atoms with Crippen molar-refractivity contribution in [3.63, 3.8) is 0 Å². The van der Waals surface area contributed by atoms with Gasteiger partial charge in [-0.05, 0) is 36.5 Å². The zero-order valence-electron chi connectivity index (χ0n) is 11.3. The summed E-state index contributed by atoms with van der Waals surface area (Å²) >= 11 is 0. The summed E-state index contributed by atoms with van der Waals surface area (Å²) in [7, 11) is 0. The molecule has 2 rings (SSSR count). The first-order chi connectivity index (χ1) is 8.97. The Morgan fingerprint density at radius 1 is 1.16 bits per heavy atom. The lowest BCUT2D eigenvalue weighted by atomic mass is 9.91. The molecular weight excluding hydrogens is 242 g/mol. The molecule has 4 heteroatoms. The fraction of sp³-hybridized carbons (Fsp3) is 0.467. The van der Waals surface area contributed by atoms with Crippen molar-refractivity contribution in [1.29, 1.82) is 0 Å². The molecule has 1 N–H and O–H groups in total. The average Bonchev–Trinajstić information content (AvgIpc) is 2.37. The number of carbonyl (C=O) groups excluding carboxylic acids is 1. The van der Waals surface area contributed by atoms with Gasteiger partial charge in [0, 0.05) is 18.7 Å². The monoisotopic (exact) mass is 261 g/mol. The minimum absolute atomic E-state index is 0.0681. The van der Waals surface area contributed by atoms with Gasteiger partial charge in [-0.25, -0.2) is 4.79 Å². The predicted molar refractivity (Wildman–Crippen MR) is 72.2 cm³/mol. The molecule has 1 aliphatic heterocycles. The molecule has 1 fully saturated rings. The predicted octanol–water partition coefficient (Wildman–Crippen LogP) is 2.50. The van der Waals surface area contributed by atoms with E-state index in [1.165, 1.54) is 12.1 Å². The second kappa shape index (κ2) is 5.43. The van der Waals surface area contributed by atoms with Gasteiger partial charge in [-0.1, -0.05) is 19.9 Å². The van der Waals surface area contributed by atoms with Crippen molar-refractivity contribution in [1.82, 2.24) is 4.90 Å². The minimum atomic E-state index is -1.00. The number of rotatable bonds is 2. The molecule has 0 radical (unpaired) electrons. The summed E-state index contributed by atoms with van der Waals surface area (Å²) in [5.41, 5.74) is 0.616. The molecule has 19 heavy (non-hydrogen) atoms. The maximum Gasteiger partial charge on any atom is 0.335 e. The first kappa shape index (κ1) is 13.6. The lowest BCUT2D eigenvalue weighted by Gasteiger charge is -2.35. The fourth-order valence-corrected chi connectivity index (χ4v) is 2.80. The van der Waals surface area contributed by atoms with Gasteiger partial charge in [0.05, 0.1) is 5.56 Å². The molecule has 1 aliphatic rings. The van der Waals surface area contributed by atoms with E-state index in [1.807, 2.05) is 4.90 Å². The fourth-order valence-electron chi connectivity index (χ4n) is 2.80. The van der Waals surface area contributed by atoms with E-state index < -0.39 is 5.97 Å². The number of hydrogen-bond donors (Lipinski definition) is 1. The highest BCUT2D eigenvalue weighted by molar-refractivity contribution is 5.97. The molecule has 0 aliphatic carbocycles. The van der Waals surface area contributed by atoms with Crippen LogP contribution < -0.4 is 0 Å². The topological polar surface area (TPSA) is 57.6 Å². The van der Waals surface area contributed by atoms with Crippen LogP contribution in [0, 0.1) is 11.8 Å². The molecule has 4 nitrogen and oxygen atoms in total. The van der Waals surface area contributed by atoms with Crippen LogP contribution in [-0.4, -0.2) is 35.0 Å². The number of carboxylic acid groups (broad SMARTS) is 1. The van der Waals surface area contributed by atoms with Gasteiger partial charge in [0.15, 0.2) is 0 Å². The summed E-state index contributed by atoms with van der Waals surface area (Å²) in [4.78, 5) is 25.2. The Morgan fingerprint density at radius 2 is 1.74 bits per heavy atom. The molecule has 2 unspecified atom stereocenters. The number of nitrogens with zero attached hydrogens (tertiary/aromatic N) is 1. The molecule has 0 saturated carbocycles. The normalized spacial score (nSPS) is 23.2. The molecular formula is C15H19NO3. The van der Waals surface area contributed by atoms with E-state index in [0.29, 0.717) is 17.4 Å². The Balaban J connectivity index is 2.19. The Labute approximate surface area is 113 Å². The number of benzene rings is 1. The highest BCUT2D eigenvalue weighted by atomic mass is 16.4. The maximum atomic E-state index is 12.4. The standard InChI is InChI=1S/C15H19NO3/c1-10-6-11(2)9-16(8-10)14(17)12-4-3-5-13(7-12)15(18)19/h3-5,7,10-11H,6,8-9H2,1-2H3,(H,18,19). The molecule has 102 valence electrons. The van der Waals surface area contributed by atoms with Gasteiger partial charge >= 0.3 is 5.97 Å². The first-order valence-corrected chi connectivity index (χ1v) is 6.60. The van der Waals surface area contributed by atoms with E-state index in [4.69, 9.17) is 5.11 Å². The smallest absolute Gasteiger partial charge is 0.335 e. The number of amides is 1. The van der Waals surface area contributed by atoms with E-state index in [0.717, 1.165) is 19.5 Å². The zero-order valence-corrected chi connectivity index (χ0v) is 11.3. The van der Waals surface area contributed by atoms with E-state index in [9.17, 15) is 9.59 Å². The number of piperidine rings is 1. The van der Waals surface area contributed by atoms with Gasteiger partial charge < -0.3 is 10.0 Å². The second-order valence-electron chi connectivity index (χ2n) is 5.54. The van der Waals surface area contributed by atoms with Crippen LogP contribution in [0.3, 0.4) is 0 Å². The Morgan fingerprint density at radius 3 is 2.32 bits per heavy atom. The number of aromatic carboxylic acids is 1. The van der Waals surface area contributed by atoms with Crippen LogP contribution in [0.4, 0.5) is 0 Å². The third-order valence-electron chi connectivity index (χ3n) is 3.51.